The summed E-state index contributed by atoms with van der Waals surface area (Å²) >= 11 is 0. The maximum Gasteiger partial charge on any atom is 0.247 e. The quantitative estimate of drug-likeness (QED) is 0.802. The second kappa shape index (κ2) is 6.11. The van der Waals surface area contributed by atoms with Crippen molar-refractivity contribution in [1.29, 1.82) is 0 Å². The van der Waals surface area contributed by atoms with E-state index >= 15 is 0 Å². The zero-order valence-corrected chi connectivity index (χ0v) is 14.8. The van der Waals surface area contributed by atoms with Crippen molar-refractivity contribution in [1.82, 2.24) is 24.6 Å². The lowest BCUT2D eigenvalue weighted by Crippen LogP contribution is -2.33. The van der Waals surface area contributed by atoms with Gasteiger partial charge in [0, 0.05) is 13.2 Å². The average Bonchev–Trinajstić information content (AvgIpc) is 3.12. The van der Waals surface area contributed by atoms with Crippen LogP contribution in [-0.4, -0.2) is 37.6 Å². The van der Waals surface area contributed by atoms with Gasteiger partial charge < -0.3 is 9.88 Å². The predicted octanol–water partition coefficient (Wildman–Crippen LogP) is 2.90. The van der Waals surface area contributed by atoms with Gasteiger partial charge in [0.05, 0.1) is 23.8 Å². The van der Waals surface area contributed by atoms with Gasteiger partial charge in [-0.15, -0.1) is 0 Å². The van der Waals surface area contributed by atoms with Gasteiger partial charge in [-0.05, 0) is 56.5 Å². The van der Waals surface area contributed by atoms with E-state index < -0.39 is 0 Å². The highest BCUT2D eigenvalue weighted by atomic mass is 16.2. The number of carbonyl (C=O) groups excluding carboxylic acids is 1. The van der Waals surface area contributed by atoms with E-state index in [1.54, 1.807) is 22.8 Å². The number of hydrogen-bond donors (Lipinski definition) is 1. The maximum atomic E-state index is 12.6. The molecule has 126 valence electrons. The molecular weight excluding hydrogens is 302 g/mol. The summed E-state index contributed by atoms with van der Waals surface area (Å²) in [4.78, 5) is 22.2. The molecule has 6 nitrogen and oxygen atoms in total. The van der Waals surface area contributed by atoms with Crippen LogP contribution >= 0.6 is 0 Å². The Labute approximate surface area is 141 Å². The van der Waals surface area contributed by atoms with E-state index in [1.807, 2.05) is 20.0 Å². The maximum absolute atomic E-state index is 12.6. The molecule has 0 aliphatic rings. The Morgan fingerprint density at radius 2 is 2.00 bits per heavy atom. The summed E-state index contributed by atoms with van der Waals surface area (Å²) in [5.41, 5.74) is 5.42. The molecule has 1 N–H and O–H groups in total. The number of carbonyl (C=O) groups is 1. The molecule has 24 heavy (non-hydrogen) atoms. The lowest BCUT2D eigenvalue weighted by molar-refractivity contribution is -0.133. The highest BCUT2D eigenvalue weighted by Gasteiger charge is 2.20. The van der Waals surface area contributed by atoms with Crippen LogP contribution in [0.3, 0.4) is 0 Å². The zero-order valence-electron chi connectivity index (χ0n) is 14.8. The fourth-order valence-corrected chi connectivity index (χ4v) is 2.78. The van der Waals surface area contributed by atoms with E-state index in [0.717, 1.165) is 22.4 Å². The summed E-state index contributed by atoms with van der Waals surface area (Å²) < 4.78 is 1.69. The van der Waals surface area contributed by atoms with Crippen LogP contribution < -0.4 is 0 Å². The molecule has 0 aliphatic carbocycles. The molecule has 0 spiro atoms. The fraction of sp³-hybridized carbons (Fsp3) is 0.389. The Morgan fingerprint density at radius 1 is 1.29 bits per heavy atom. The summed E-state index contributed by atoms with van der Waals surface area (Å²) in [7, 11) is 1.79. The number of nitrogens with one attached hydrogen (secondary N) is 1. The first-order valence-corrected chi connectivity index (χ1v) is 8.06. The number of aryl methyl sites for hydroxylation is 3. The number of amides is 1. The van der Waals surface area contributed by atoms with Crippen LogP contribution in [0.4, 0.5) is 0 Å². The molecule has 2 heterocycles. The Balaban J connectivity index is 1.76. The number of aromatic nitrogens is 4. The number of hydrogen-bond acceptors (Lipinski definition) is 3. The third-order valence-corrected chi connectivity index (χ3v) is 4.39. The van der Waals surface area contributed by atoms with E-state index in [-0.39, 0.29) is 11.9 Å². The lowest BCUT2D eigenvalue weighted by Gasteiger charge is -2.20. The minimum absolute atomic E-state index is 0.00548. The molecule has 0 saturated heterocycles. The molecule has 1 aromatic carbocycles. The average molecular weight is 325 g/mol. The van der Waals surface area contributed by atoms with Gasteiger partial charge in [0.2, 0.25) is 5.91 Å². The highest BCUT2D eigenvalue weighted by Crippen LogP contribution is 2.18. The molecule has 6 heteroatoms. The standard InChI is InChI=1S/C18H23N5O/c1-11-8-19-23(9-11)14(4)18(24)22(5)10-17-20-15-6-12(2)13(3)7-16(15)21-17/h6-9,14H,10H2,1-5H3,(H,20,21)/t14-/m1/s1. The third-order valence-electron chi connectivity index (χ3n) is 4.39. The van der Waals surface area contributed by atoms with Crippen LogP contribution in [0.15, 0.2) is 24.5 Å². The van der Waals surface area contributed by atoms with Gasteiger partial charge >= 0.3 is 0 Å². The molecule has 0 bridgehead atoms. The first kappa shape index (κ1) is 16.2. The van der Waals surface area contributed by atoms with E-state index in [1.165, 1.54) is 11.1 Å². The van der Waals surface area contributed by atoms with Crippen molar-refractivity contribution >= 4 is 16.9 Å². The second-order valence-corrected chi connectivity index (χ2v) is 6.51. The van der Waals surface area contributed by atoms with Gasteiger partial charge in [-0.2, -0.15) is 5.10 Å². The van der Waals surface area contributed by atoms with Crippen molar-refractivity contribution in [2.75, 3.05) is 7.05 Å². The summed E-state index contributed by atoms with van der Waals surface area (Å²) in [6.07, 6.45) is 3.64. The van der Waals surface area contributed by atoms with Crippen molar-refractivity contribution in [2.24, 2.45) is 0 Å². The molecule has 3 aromatic rings. The smallest absolute Gasteiger partial charge is 0.247 e. The largest absolute Gasteiger partial charge is 0.340 e. The van der Waals surface area contributed by atoms with Gasteiger partial charge in [-0.3, -0.25) is 9.48 Å². The van der Waals surface area contributed by atoms with Crippen LogP contribution in [-0.2, 0) is 11.3 Å². The van der Waals surface area contributed by atoms with E-state index in [9.17, 15) is 4.79 Å². The number of imidazole rings is 1. The minimum atomic E-state index is -0.336. The van der Waals surface area contributed by atoms with Gasteiger partial charge in [0.15, 0.2) is 0 Å². The van der Waals surface area contributed by atoms with E-state index in [0.29, 0.717) is 6.54 Å². The lowest BCUT2D eigenvalue weighted by atomic mass is 10.1. The Morgan fingerprint density at radius 3 is 2.67 bits per heavy atom. The van der Waals surface area contributed by atoms with Crippen molar-refractivity contribution in [2.45, 2.75) is 40.3 Å². The van der Waals surface area contributed by atoms with Gasteiger partial charge in [-0.1, -0.05) is 0 Å². The van der Waals surface area contributed by atoms with Gasteiger partial charge in [0.1, 0.15) is 11.9 Å². The SMILES string of the molecule is Cc1cnn([C@H](C)C(=O)N(C)Cc2nc3cc(C)c(C)cc3[nH]2)c1. The minimum Gasteiger partial charge on any atom is -0.340 e. The van der Waals surface area contributed by atoms with Crippen LogP contribution in [0.1, 0.15) is 35.5 Å². The van der Waals surface area contributed by atoms with Crippen LogP contribution in [0.2, 0.25) is 0 Å². The third kappa shape index (κ3) is 3.04. The topological polar surface area (TPSA) is 66.8 Å². The molecule has 0 saturated carbocycles. The van der Waals surface area contributed by atoms with E-state index in [4.69, 9.17) is 0 Å². The number of fused-ring (bicyclic) bond motifs is 1. The highest BCUT2D eigenvalue weighted by molar-refractivity contribution is 5.80. The number of nitrogens with zero attached hydrogens (tertiary/aromatic N) is 4. The molecule has 0 fully saturated rings. The normalized spacial score (nSPS) is 12.5. The number of H-pyrrole nitrogens is 1. The summed E-state index contributed by atoms with van der Waals surface area (Å²) in [5, 5.41) is 4.23. The molecule has 0 radical (unpaired) electrons. The molecule has 3 rings (SSSR count). The zero-order chi connectivity index (χ0) is 17.4. The van der Waals surface area contributed by atoms with Crippen molar-refractivity contribution in [3.63, 3.8) is 0 Å². The van der Waals surface area contributed by atoms with Crippen LogP contribution in [0, 0.1) is 20.8 Å². The summed E-state index contributed by atoms with van der Waals surface area (Å²) in [6.45, 7) is 8.42. The molecule has 1 atom stereocenters. The summed E-state index contributed by atoms with van der Waals surface area (Å²) in [6, 6.07) is 3.83. The van der Waals surface area contributed by atoms with Crippen molar-refractivity contribution in [3.05, 3.63) is 47.0 Å². The molecular formula is C18H23N5O. The van der Waals surface area contributed by atoms with Crippen molar-refractivity contribution < 1.29 is 4.79 Å². The molecule has 0 aliphatic heterocycles. The fourth-order valence-electron chi connectivity index (χ4n) is 2.78. The van der Waals surface area contributed by atoms with Gasteiger partial charge in [0.25, 0.3) is 0 Å². The second-order valence-electron chi connectivity index (χ2n) is 6.51. The Hall–Kier alpha value is -2.63. The van der Waals surface area contributed by atoms with E-state index in [2.05, 4.69) is 41.0 Å². The number of benzene rings is 1. The van der Waals surface area contributed by atoms with Crippen molar-refractivity contribution in [3.8, 4) is 0 Å². The Bertz CT molecular complexity index is 853. The number of likely N-dealkylation sites (N-methyl/N-ethyl adjacent to an activating group) is 1. The first-order valence-electron chi connectivity index (χ1n) is 8.06. The number of rotatable bonds is 4. The predicted molar refractivity (Wildman–Crippen MR) is 93.7 cm³/mol. The first-order chi connectivity index (χ1) is 11.3. The molecule has 2 aromatic heterocycles. The Kier molecular flexibility index (Phi) is 4.13. The van der Waals surface area contributed by atoms with Gasteiger partial charge in [-0.25, -0.2) is 4.98 Å². The number of aromatic amines is 1. The van der Waals surface area contributed by atoms with Crippen LogP contribution in [0.25, 0.3) is 11.0 Å². The molecule has 0 unspecified atom stereocenters. The van der Waals surface area contributed by atoms with Crippen LogP contribution in [0.5, 0.6) is 0 Å². The monoisotopic (exact) mass is 325 g/mol. The molecule has 1 amide bonds. The summed E-state index contributed by atoms with van der Waals surface area (Å²) in [5.74, 6) is 0.792.